The van der Waals surface area contributed by atoms with E-state index in [1.54, 1.807) is 17.5 Å². The topological polar surface area (TPSA) is 85.9 Å². The van der Waals surface area contributed by atoms with Crippen LogP contribution in [0.5, 0.6) is 0 Å². The van der Waals surface area contributed by atoms with E-state index >= 15 is 0 Å². The number of pyridine rings is 1. The minimum atomic E-state index is 0.183. The fourth-order valence-corrected chi connectivity index (χ4v) is 3.42. The maximum absolute atomic E-state index is 8.99. The normalized spacial score (nSPS) is 11.3. The Morgan fingerprint density at radius 2 is 2.22 bits per heavy atom. The van der Waals surface area contributed by atoms with Crippen LogP contribution in [-0.2, 0) is 0 Å². The molecule has 0 unspecified atom stereocenters. The maximum atomic E-state index is 8.99. The first-order valence-electron chi connectivity index (χ1n) is 7.73. The number of aliphatic hydroxyl groups excluding tert-OH is 1. The molecule has 0 spiro atoms. The second-order valence-corrected chi connectivity index (χ2v) is 6.71. The quantitative estimate of drug-likeness (QED) is 0.499. The third-order valence-electron chi connectivity index (χ3n) is 3.33. The zero-order chi connectivity index (χ0) is 16.2. The van der Waals surface area contributed by atoms with Crippen molar-refractivity contribution in [3.05, 3.63) is 24.4 Å². The van der Waals surface area contributed by atoms with Gasteiger partial charge >= 0.3 is 0 Å². The largest absolute Gasteiger partial charge is 0.396 e. The van der Waals surface area contributed by atoms with Crippen molar-refractivity contribution in [2.45, 2.75) is 26.3 Å². The number of H-pyrrole nitrogens is 1. The molecular weight excluding hydrogens is 310 g/mol. The molecule has 3 aromatic rings. The summed E-state index contributed by atoms with van der Waals surface area (Å²) in [5, 5.41) is 22.8. The van der Waals surface area contributed by atoms with E-state index in [4.69, 9.17) is 10.1 Å². The van der Waals surface area contributed by atoms with Crippen LogP contribution in [0.3, 0.4) is 0 Å². The monoisotopic (exact) mass is 331 g/mol. The molecule has 4 N–H and O–H groups in total. The number of aromatic amines is 1. The molecule has 3 rings (SSSR count). The van der Waals surface area contributed by atoms with Gasteiger partial charge in [0.15, 0.2) is 0 Å². The number of rotatable bonds is 7. The van der Waals surface area contributed by atoms with Gasteiger partial charge in [0.25, 0.3) is 0 Å². The highest BCUT2D eigenvalue weighted by Crippen LogP contribution is 2.37. The molecule has 0 aromatic carbocycles. The molecule has 0 radical (unpaired) electrons. The minimum Gasteiger partial charge on any atom is -0.396 e. The Morgan fingerprint density at radius 1 is 1.35 bits per heavy atom. The molecule has 0 aliphatic rings. The van der Waals surface area contributed by atoms with E-state index in [-0.39, 0.29) is 6.61 Å². The SMILES string of the molecule is CC(C)Nc1cc(NCCCO)c2sc(-c3ccn[nH]3)cc2n1. The van der Waals surface area contributed by atoms with Gasteiger partial charge in [-0.25, -0.2) is 4.98 Å². The fraction of sp³-hybridized carbons (Fsp3) is 0.375. The van der Waals surface area contributed by atoms with Crippen molar-refractivity contribution >= 4 is 33.1 Å². The van der Waals surface area contributed by atoms with E-state index in [1.807, 2.05) is 12.1 Å². The average Bonchev–Trinajstić information content (AvgIpc) is 3.15. The summed E-state index contributed by atoms with van der Waals surface area (Å²) in [7, 11) is 0. The van der Waals surface area contributed by atoms with E-state index in [0.29, 0.717) is 6.04 Å². The second kappa shape index (κ2) is 6.97. The van der Waals surface area contributed by atoms with Gasteiger partial charge < -0.3 is 15.7 Å². The number of nitrogens with zero attached hydrogens (tertiary/aromatic N) is 2. The van der Waals surface area contributed by atoms with Gasteiger partial charge in [-0.1, -0.05) is 0 Å². The number of aromatic nitrogens is 3. The highest BCUT2D eigenvalue weighted by molar-refractivity contribution is 7.22. The molecule has 0 aliphatic carbocycles. The van der Waals surface area contributed by atoms with Crippen LogP contribution in [0.15, 0.2) is 24.4 Å². The van der Waals surface area contributed by atoms with Crippen LogP contribution < -0.4 is 10.6 Å². The lowest BCUT2D eigenvalue weighted by atomic mass is 10.2. The van der Waals surface area contributed by atoms with Crippen LogP contribution in [0.25, 0.3) is 20.8 Å². The first-order valence-corrected chi connectivity index (χ1v) is 8.54. The average molecular weight is 331 g/mol. The molecule has 23 heavy (non-hydrogen) atoms. The zero-order valence-corrected chi connectivity index (χ0v) is 14.1. The van der Waals surface area contributed by atoms with Gasteiger partial charge in [-0.15, -0.1) is 11.3 Å². The van der Waals surface area contributed by atoms with Crippen LogP contribution >= 0.6 is 11.3 Å². The number of hydrogen-bond acceptors (Lipinski definition) is 6. The van der Waals surface area contributed by atoms with Gasteiger partial charge in [0.2, 0.25) is 0 Å². The molecule has 0 bridgehead atoms. The Labute approximate surface area is 139 Å². The standard InChI is InChI=1S/C16H21N5OS/c1-10(2)19-15-9-12(17-5-3-7-22)16-13(20-15)8-14(23-16)11-4-6-18-21-11/h4,6,8-10,22H,3,5,7H2,1-2H3,(H,18,21)(H2,17,19,20). The van der Waals surface area contributed by atoms with Crippen molar-refractivity contribution in [1.82, 2.24) is 15.2 Å². The molecule has 122 valence electrons. The van der Waals surface area contributed by atoms with Crippen molar-refractivity contribution in [3.63, 3.8) is 0 Å². The number of hydrogen-bond donors (Lipinski definition) is 4. The van der Waals surface area contributed by atoms with Crippen molar-refractivity contribution in [3.8, 4) is 10.6 Å². The zero-order valence-electron chi connectivity index (χ0n) is 13.3. The summed E-state index contributed by atoms with van der Waals surface area (Å²) in [4.78, 5) is 5.82. The Morgan fingerprint density at radius 3 is 2.91 bits per heavy atom. The Bertz CT molecular complexity index is 766. The van der Waals surface area contributed by atoms with Gasteiger partial charge in [0.1, 0.15) is 5.82 Å². The summed E-state index contributed by atoms with van der Waals surface area (Å²) >= 11 is 1.68. The molecule has 3 aromatic heterocycles. The van der Waals surface area contributed by atoms with Gasteiger partial charge in [-0.2, -0.15) is 5.10 Å². The van der Waals surface area contributed by atoms with E-state index in [2.05, 4.69) is 40.7 Å². The second-order valence-electron chi connectivity index (χ2n) is 5.65. The van der Waals surface area contributed by atoms with Crippen LogP contribution in [0.2, 0.25) is 0 Å². The summed E-state index contributed by atoms with van der Waals surface area (Å²) < 4.78 is 1.11. The van der Waals surface area contributed by atoms with Gasteiger partial charge in [0, 0.05) is 31.5 Å². The predicted octanol–water partition coefficient (Wildman–Crippen LogP) is 3.30. The van der Waals surface area contributed by atoms with Gasteiger partial charge in [-0.05, 0) is 32.4 Å². The van der Waals surface area contributed by atoms with Crippen molar-refractivity contribution < 1.29 is 5.11 Å². The molecule has 0 atom stereocenters. The first-order chi connectivity index (χ1) is 11.2. The summed E-state index contributed by atoms with van der Waals surface area (Å²) in [6, 6.07) is 6.39. The third-order valence-corrected chi connectivity index (χ3v) is 4.52. The number of thiophene rings is 1. The lowest BCUT2D eigenvalue weighted by molar-refractivity contribution is 0.292. The molecule has 6 nitrogen and oxygen atoms in total. The first kappa shape index (κ1) is 15.8. The predicted molar refractivity (Wildman–Crippen MR) is 96.2 cm³/mol. The molecule has 0 fully saturated rings. The van der Waals surface area contributed by atoms with E-state index in [9.17, 15) is 0 Å². The lowest BCUT2D eigenvalue weighted by Gasteiger charge is -2.12. The molecule has 0 aliphatic heterocycles. The Hall–Kier alpha value is -2.12. The molecule has 0 saturated heterocycles. The van der Waals surface area contributed by atoms with Gasteiger partial charge in [-0.3, -0.25) is 5.10 Å². The molecule has 0 saturated carbocycles. The summed E-state index contributed by atoms with van der Waals surface area (Å²) in [6.45, 7) is 5.10. The lowest BCUT2D eigenvalue weighted by Crippen LogP contribution is -2.11. The van der Waals surface area contributed by atoms with E-state index in [0.717, 1.165) is 45.3 Å². The van der Waals surface area contributed by atoms with Crippen molar-refractivity contribution in [1.29, 1.82) is 0 Å². The van der Waals surface area contributed by atoms with E-state index in [1.165, 1.54) is 0 Å². The van der Waals surface area contributed by atoms with Crippen molar-refractivity contribution in [2.24, 2.45) is 0 Å². The maximum Gasteiger partial charge on any atom is 0.128 e. The highest BCUT2D eigenvalue weighted by atomic mass is 32.1. The molecule has 7 heteroatoms. The highest BCUT2D eigenvalue weighted by Gasteiger charge is 2.12. The summed E-state index contributed by atoms with van der Waals surface area (Å²) in [6.07, 6.45) is 2.47. The van der Waals surface area contributed by atoms with Crippen LogP contribution in [0.1, 0.15) is 20.3 Å². The third kappa shape index (κ3) is 3.62. The fourth-order valence-electron chi connectivity index (χ4n) is 2.35. The summed E-state index contributed by atoms with van der Waals surface area (Å²) in [5.74, 6) is 0.855. The Kier molecular flexibility index (Phi) is 4.78. The number of aliphatic hydroxyl groups is 1. The van der Waals surface area contributed by atoms with Crippen molar-refractivity contribution in [2.75, 3.05) is 23.8 Å². The smallest absolute Gasteiger partial charge is 0.128 e. The van der Waals surface area contributed by atoms with E-state index < -0.39 is 0 Å². The molecule has 0 amide bonds. The molecule has 3 heterocycles. The van der Waals surface area contributed by atoms with Crippen LogP contribution in [0, 0.1) is 0 Å². The number of fused-ring (bicyclic) bond motifs is 1. The molecular formula is C16H21N5OS. The summed E-state index contributed by atoms with van der Waals surface area (Å²) in [5.41, 5.74) is 2.99. The Balaban J connectivity index is 2.01. The van der Waals surface area contributed by atoms with Crippen LogP contribution in [-0.4, -0.2) is 39.5 Å². The minimum absolute atomic E-state index is 0.183. The number of nitrogens with one attached hydrogen (secondary N) is 3. The van der Waals surface area contributed by atoms with Crippen LogP contribution in [0.4, 0.5) is 11.5 Å². The number of anilines is 2. The van der Waals surface area contributed by atoms with Gasteiger partial charge in [0.05, 0.1) is 26.5 Å².